The van der Waals surface area contributed by atoms with Crippen molar-refractivity contribution < 1.29 is 25.6 Å². The van der Waals surface area contributed by atoms with E-state index >= 15 is 0 Å². The highest BCUT2D eigenvalue weighted by atomic mass is 32.2. The molecule has 0 amide bonds. The third-order valence-electron chi connectivity index (χ3n) is 3.68. The number of hydrogen-bond acceptors (Lipinski definition) is 6. The van der Waals surface area contributed by atoms with E-state index in [9.17, 15) is 25.6 Å². The van der Waals surface area contributed by atoms with Crippen molar-refractivity contribution in [1.29, 1.82) is 0 Å². The Balaban J connectivity index is 1.84. The molecule has 1 N–H and O–H groups in total. The molecule has 0 saturated carbocycles. The fraction of sp³-hybridized carbons (Fsp3) is 0.118. The number of hydrogen-bond donors (Lipinski definition) is 1. The molecule has 28 heavy (non-hydrogen) atoms. The average Bonchev–Trinajstić information content (AvgIpc) is 3.03. The molecule has 0 aliphatic heterocycles. The van der Waals surface area contributed by atoms with Crippen LogP contribution in [0.4, 0.5) is 13.9 Å². The van der Waals surface area contributed by atoms with Crippen molar-refractivity contribution in [1.82, 2.24) is 4.98 Å². The van der Waals surface area contributed by atoms with Crippen LogP contribution in [-0.4, -0.2) is 28.1 Å². The lowest BCUT2D eigenvalue weighted by Gasteiger charge is -2.09. The highest BCUT2D eigenvalue weighted by Crippen LogP contribution is 2.27. The largest absolute Gasteiger partial charge is 0.264 e. The van der Waals surface area contributed by atoms with Crippen molar-refractivity contribution in [2.75, 3.05) is 11.0 Å². The number of sulfone groups is 1. The smallest absolute Gasteiger partial charge is 0.255 e. The van der Waals surface area contributed by atoms with E-state index in [0.29, 0.717) is 10.4 Å². The fourth-order valence-electron chi connectivity index (χ4n) is 2.44. The monoisotopic (exact) mass is 444 g/mol. The Morgan fingerprint density at radius 3 is 2.32 bits per heavy atom. The molecule has 0 unspecified atom stereocenters. The van der Waals surface area contributed by atoms with Crippen LogP contribution < -0.4 is 4.72 Å². The number of rotatable bonds is 6. The molecule has 2 aromatic carbocycles. The molecule has 1 aromatic heterocycles. The summed E-state index contributed by atoms with van der Waals surface area (Å²) in [6.45, 7) is 0. The van der Waals surface area contributed by atoms with E-state index < -0.39 is 31.5 Å². The Hall–Kier alpha value is -2.37. The van der Waals surface area contributed by atoms with E-state index in [4.69, 9.17) is 0 Å². The van der Waals surface area contributed by atoms with Gasteiger partial charge in [0, 0.05) is 23.8 Å². The van der Waals surface area contributed by atoms with Gasteiger partial charge in [0.05, 0.1) is 4.90 Å². The van der Waals surface area contributed by atoms with E-state index in [1.807, 2.05) is 0 Å². The molecule has 0 aliphatic rings. The van der Waals surface area contributed by atoms with Crippen molar-refractivity contribution in [3.05, 3.63) is 70.7 Å². The van der Waals surface area contributed by atoms with Gasteiger partial charge in [0.1, 0.15) is 4.90 Å². The van der Waals surface area contributed by atoms with Gasteiger partial charge in [-0.25, -0.2) is 30.6 Å². The summed E-state index contributed by atoms with van der Waals surface area (Å²) in [6.07, 6.45) is 2.56. The number of thiazole rings is 1. The van der Waals surface area contributed by atoms with E-state index in [0.717, 1.165) is 29.7 Å². The van der Waals surface area contributed by atoms with Gasteiger partial charge in [-0.15, -0.1) is 11.3 Å². The number of sulfonamides is 1. The Labute approximate surface area is 164 Å². The van der Waals surface area contributed by atoms with Crippen molar-refractivity contribution in [3.8, 4) is 0 Å². The normalized spacial score (nSPS) is 12.1. The topological polar surface area (TPSA) is 93.2 Å². The molecule has 11 heteroatoms. The van der Waals surface area contributed by atoms with Crippen molar-refractivity contribution >= 4 is 36.3 Å². The molecule has 3 aromatic rings. The fourth-order valence-corrected chi connectivity index (χ4v) is 6.16. The summed E-state index contributed by atoms with van der Waals surface area (Å²) in [5, 5.41) is 0.0286. The van der Waals surface area contributed by atoms with E-state index in [1.165, 1.54) is 36.5 Å². The minimum Gasteiger partial charge on any atom is -0.255 e. The number of halogens is 2. The summed E-state index contributed by atoms with van der Waals surface area (Å²) in [5.74, 6) is -1.92. The summed E-state index contributed by atoms with van der Waals surface area (Å²) >= 11 is 1.01. The molecule has 0 radical (unpaired) electrons. The molecule has 0 fully saturated rings. The molecular weight excluding hydrogens is 430 g/mol. The SMILES string of the molecule is CS(=O)(=O)c1ccccc1S(=O)(=O)Nc1ncc(Cc2ccc(F)c(F)c2)s1. The quantitative estimate of drug-likeness (QED) is 0.630. The highest BCUT2D eigenvalue weighted by molar-refractivity contribution is 7.95. The average molecular weight is 445 g/mol. The van der Waals surface area contributed by atoms with Gasteiger partial charge in [-0.2, -0.15) is 0 Å². The summed E-state index contributed by atoms with van der Waals surface area (Å²) in [5.41, 5.74) is 0.499. The Kier molecular flexibility index (Phi) is 5.50. The molecular formula is C17H14F2N2O4S3. The number of aromatic nitrogens is 1. The predicted octanol–water partition coefficient (Wildman–Crippen LogP) is 3.22. The molecule has 1 heterocycles. The highest BCUT2D eigenvalue weighted by Gasteiger charge is 2.24. The van der Waals surface area contributed by atoms with Crippen molar-refractivity contribution in [2.24, 2.45) is 0 Å². The lowest BCUT2D eigenvalue weighted by Crippen LogP contribution is -2.16. The van der Waals surface area contributed by atoms with Gasteiger partial charge in [0.15, 0.2) is 26.6 Å². The molecule has 6 nitrogen and oxygen atoms in total. The summed E-state index contributed by atoms with van der Waals surface area (Å²) < 4.78 is 77.5. The Morgan fingerprint density at radius 2 is 1.68 bits per heavy atom. The lowest BCUT2D eigenvalue weighted by molar-refractivity contribution is 0.507. The molecule has 148 valence electrons. The number of nitrogens with zero attached hydrogens (tertiary/aromatic N) is 1. The Bertz CT molecular complexity index is 1240. The molecule has 0 aliphatic carbocycles. The first-order chi connectivity index (χ1) is 13.1. The first-order valence-electron chi connectivity index (χ1n) is 7.77. The first kappa shape index (κ1) is 20.4. The minimum atomic E-state index is -4.19. The standard InChI is InChI=1S/C17H14F2N2O4S3/c1-27(22,23)15-4-2-3-5-16(15)28(24,25)21-17-20-10-12(26-17)8-11-6-7-13(18)14(19)9-11/h2-7,9-10H,8H2,1H3,(H,20,21). The van der Waals surface area contributed by atoms with Gasteiger partial charge in [0.2, 0.25) is 0 Å². The van der Waals surface area contributed by atoms with Crippen LogP contribution >= 0.6 is 11.3 Å². The van der Waals surface area contributed by atoms with Crippen LogP contribution in [-0.2, 0) is 26.3 Å². The van der Waals surface area contributed by atoms with Crippen LogP contribution in [0.2, 0.25) is 0 Å². The lowest BCUT2D eigenvalue weighted by atomic mass is 10.1. The summed E-state index contributed by atoms with van der Waals surface area (Å²) in [4.78, 5) is 3.88. The molecule has 0 atom stereocenters. The van der Waals surface area contributed by atoms with Gasteiger partial charge < -0.3 is 0 Å². The van der Waals surface area contributed by atoms with Gasteiger partial charge in [-0.1, -0.05) is 18.2 Å². The summed E-state index contributed by atoms with van der Waals surface area (Å²) in [7, 11) is -7.94. The number of benzene rings is 2. The number of anilines is 1. The second-order valence-electron chi connectivity index (χ2n) is 5.88. The van der Waals surface area contributed by atoms with Crippen LogP contribution in [0.3, 0.4) is 0 Å². The van der Waals surface area contributed by atoms with Crippen LogP contribution in [0.1, 0.15) is 10.4 Å². The Morgan fingerprint density at radius 1 is 1.00 bits per heavy atom. The van der Waals surface area contributed by atoms with Crippen LogP contribution in [0.15, 0.2) is 58.5 Å². The van der Waals surface area contributed by atoms with Crippen molar-refractivity contribution in [2.45, 2.75) is 16.2 Å². The molecule has 0 bridgehead atoms. The number of nitrogens with one attached hydrogen (secondary N) is 1. The minimum absolute atomic E-state index is 0.0286. The van der Waals surface area contributed by atoms with Gasteiger partial charge in [-0.05, 0) is 29.8 Å². The van der Waals surface area contributed by atoms with Crippen LogP contribution in [0, 0.1) is 11.6 Å². The zero-order chi connectivity index (χ0) is 20.5. The third kappa shape index (κ3) is 4.54. The predicted molar refractivity (Wildman–Crippen MR) is 102 cm³/mol. The van der Waals surface area contributed by atoms with Gasteiger partial charge in [-0.3, -0.25) is 4.72 Å². The van der Waals surface area contributed by atoms with Gasteiger partial charge >= 0.3 is 0 Å². The molecule has 0 spiro atoms. The maximum absolute atomic E-state index is 13.3. The van der Waals surface area contributed by atoms with Crippen LogP contribution in [0.5, 0.6) is 0 Å². The second-order valence-corrected chi connectivity index (χ2v) is 10.6. The van der Waals surface area contributed by atoms with E-state index in [1.54, 1.807) is 0 Å². The maximum Gasteiger partial charge on any atom is 0.264 e. The second kappa shape index (κ2) is 7.57. The molecule has 0 saturated heterocycles. The van der Waals surface area contributed by atoms with Gasteiger partial charge in [0.25, 0.3) is 10.0 Å². The maximum atomic E-state index is 13.3. The van der Waals surface area contributed by atoms with E-state index in [-0.39, 0.29) is 21.3 Å². The zero-order valence-corrected chi connectivity index (χ0v) is 16.8. The zero-order valence-electron chi connectivity index (χ0n) is 14.4. The first-order valence-corrected chi connectivity index (χ1v) is 12.0. The third-order valence-corrected chi connectivity index (χ3v) is 7.40. The van der Waals surface area contributed by atoms with Crippen molar-refractivity contribution in [3.63, 3.8) is 0 Å². The van der Waals surface area contributed by atoms with Crippen LogP contribution in [0.25, 0.3) is 0 Å². The van der Waals surface area contributed by atoms with E-state index in [2.05, 4.69) is 9.71 Å². The molecule has 3 rings (SSSR count). The summed E-state index contributed by atoms with van der Waals surface area (Å²) in [6, 6.07) is 8.73.